The summed E-state index contributed by atoms with van der Waals surface area (Å²) < 4.78 is 5.47. The Labute approximate surface area is 101 Å². The Bertz CT molecular complexity index is 185. The molecule has 2 unspecified atom stereocenters. The first-order chi connectivity index (χ1) is 7.65. The highest BCUT2D eigenvalue weighted by Gasteiger charge is 2.23. The molecule has 0 bridgehead atoms. The Hall–Kier alpha value is -0.120. The summed E-state index contributed by atoms with van der Waals surface area (Å²) in [6, 6.07) is 1.18. The standard InChI is InChI=1S/C13H28N2O/c1-5-6-14-13(11(2)3)9-15-7-8-16-10-12(15)4/h11-14H,5-10H2,1-4H3. The van der Waals surface area contributed by atoms with E-state index in [4.69, 9.17) is 4.74 Å². The quantitative estimate of drug-likeness (QED) is 0.749. The summed E-state index contributed by atoms with van der Waals surface area (Å²) >= 11 is 0. The Morgan fingerprint density at radius 2 is 2.19 bits per heavy atom. The smallest absolute Gasteiger partial charge is 0.0619 e. The second kappa shape index (κ2) is 7.25. The average Bonchev–Trinajstić information content (AvgIpc) is 2.26. The van der Waals surface area contributed by atoms with E-state index in [0.29, 0.717) is 18.0 Å². The third-order valence-corrected chi connectivity index (χ3v) is 3.40. The molecular weight excluding hydrogens is 200 g/mol. The molecule has 1 rings (SSSR count). The van der Waals surface area contributed by atoms with Crippen molar-refractivity contribution in [2.45, 2.75) is 46.2 Å². The maximum atomic E-state index is 5.47. The molecule has 1 aliphatic rings. The molecule has 1 saturated heterocycles. The van der Waals surface area contributed by atoms with E-state index < -0.39 is 0 Å². The maximum absolute atomic E-state index is 5.47. The van der Waals surface area contributed by atoms with Crippen LogP contribution in [0.1, 0.15) is 34.1 Å². The van der Waals surface area contributed by atoms with Crippen LogP contribution < -0.4 is 5.32 Å². The van der Waals surface area contributed by atoms with Crippen molar-refractivity contribution < 1.29 is 4.74 Å². The number of morpholine rings is 1. The van der Waals surface area contributed by atoms with Crippen molar-refractivity contribution in [3.8, 4) is 0 Å². The highest BCUT2D eigenvalue weighted by Crippen LogP contribution is 2.10. The molecular formula is C13H28N2O. The van der Waals surface area contributed by atoms with Gasteiger partial charge in [-0.3, -0.25) is 4.90 Å². The van der Waals surface area contributed by atoms with Crippen molar-refractivity contribution in [1.82, 2.24) is 10.2 Å². The summed E-state index contributed by atoms with van der Waals surface area (Å²) in [6.07, 6.45) is 1.21. The lowest BCUT2D eigenvalue weighted by atomic mass is 10.0. The molecule has 1 fully saturated rings. The normalized spacial score (nSPS) is 24.9. The average molecular weight is 228 g/mol. The summed E-state index contributed by atoms with van der Waals surface area (Å²) in [4.78, 5) is 2.55. The highest BCUT2D eigenvalue weighted by molar-refractivity contribution is 4.79. The summed E-state index contributed by atoms with van der Waals surface area (Å²) in [5, 5.41) is 3.65. The molecule has 0 aliphatic carbocycles. The van der Waals surface area contributed by atoms with Crippen molar-refractivity contribution in [3.05, 3.63) is 0 Å². The first-order valence-corrected chi connectivity index (χ1v) is 6.70. The molecule has 1 heterocycles. The fourth-order valence-electron chi connectivity index (χ4n) is 2.13. The maximum Gasteiger partial charge on any atom is 0.0619 e. The zero-order chi connectivity index (χ0) is 12.0. The van der Waals surface area contributed by atoms with Crippen molar-refractivity contribution in [1.29, 1.82) is 0 Å². The van der Waals surface area contributed by atoms with Gasteiger partial charge in [-0.15, -0.1) is 0 Å². The van der Waals surface area contributed by atoms with Crippen LogP contribution in [0.5, 0.6) is 0 Å². The number of ether oxygens (including phenoxy) is 1. The predicted octanol–water partition coefficient (Wildman–Crippen LogP) is 1.73. The van der Waals surface area contributed by atoms with Crippen LogP contribution in [0.3, 0.4) is 0 Å². The number of hydrogen-bond acceptors (Lipinski definition) is 3. The van der Waals surface area contributed by atoms with Crippen molar-refractivity contribution >= 4 is 0 Å². The fourth-order valence-corrected chi connectivity index (χ4v) is 2.13. The molecule has 2 atom stereocenters. The van der Waals surface area contributed by atoms with E-state index in [1.165, 1.54) is 6.42 Å². The largest absolute Gasteiger partial charge is 0.379 e. The highest BCUT2D eigenvalue weighted by atomic mass is 16.5. The van der Waals surface area contributed by atoms with Crippen LogP contribution in [-0.2, 0) is 4.74 Å². The lowest BCUT2D eigenvalue weighted by molar-refractivity contribution is -0.00657. The molecule has 0 spiro atoms. The first-order valence-electron chi connectivity index (χ1n) is 6.70. The third kappa shape index (κ3) is 4.40. The van der Waals surface area contributed by atoms with E-state index in [1.807, 2.05) is 0 Å². The van der Waals surface area contributed by atoms with Crippen LogP contribution >= 0.6 is 0 Å². The predicted molar refractivity (Wildman–Crippen MR) is 68.8 cm³/mol. The van der Waals surface area contributed by atoms with E-state index in [1.54, 1.807) is 0 Å². The van der Waals surface area contributed by atoms with Gasteiger partial charge in [0.05, 0.1) is 13.2 Å². The van der Waals surface area contributed by atoms with Gasteiger partial charge in [-0.2, -0.15) is 0 Å². The summed E-state index contributed by atoms with van der Waals surface area (Å²) in [5.41, 5.74) is 0. The molecule has 0 aromatic carbocycles. The van der Waals surface area contributed by atoms with Gasteiger partial charge in [0, 0.05) is 25.2 Å². The van der Waals surface area contributed by atoms with Gasteiger partial charge in [0.2, 0.25) is 0 Å². The molecule has 1 aliphatic heterocycles. The Morgan fingerprint density at radius 3 is 2.75 bits per heavy atom. The van der Waals surface area contributed by atoms with E-state index in [9.17, 15) is 0 Å². The molecule has 0 amide bonds. The Morgan fingerprint density at radius 1 is 1.44 bits per heavy atom. The van der Waals surface area contributed by atoms with Crippen LogP contribution in [0.4, 0.5) is 0 Å². The molecule has 0 aromatic heterocycles. The van der Waals surface area contributed by atoms with Crippen LogP contribution in [-0.4, -0.2) is 49.8 Å². The zero-order valence-electron chi connectivity index (χ0n) is 11.3. The number of hydrogen-bond donors (Lipinski definition) is 1. The van der Waals surface area contributed by atoms with Gasteiger partial charge in [0.15, 0.2) is 0 Å². The van der Waals surface area contributed by atoms with Crippen LogP contribution in [0, 0.1) is 5.92 Å². The monoisotopic (exact) mass is 228 g/mol. The number of nitrogens with one attached hydrogen (secondary N) is 1. The lowest BCUT2D eigenvalue weighted by Gasteiger charge is -2.37. The molecule has 0 saturated carbocycles. The summed E-state index contributed by atoms with van der Waals surface area (Å²) in [7, 11) is 0. The second-order valence-corrected chi connectivity index (χ2v) is 5.22. The number of rotatable bonds is 6. The minimum Gasteiger partial charge on any atom is -0.379 e. The van der Waals surface area contributed by atoms with Crippen molar-refractivity contribution in [2.75, 3.05) is 32.8 Å². The summed E-state index contributed by atoms with van der Waals surface area (Å²) in [6.45, 7) is 14.2. The topological polar surface area (TPSA) is 24.5 Å². The SMILES string of the molecule is CCCNC(CN1CCOCC1C)C(C)C. The Kier molecular flexibility index (Phi) is 6.32. The van der Waals surface area contributed by atoms with Gasteiger partial charge >= 0.3 is 0 Å². The van der Waals surface area contributed by atoms with Crippen LogP contribution in [0.25, 0.3) is 0 Å². The van der Waals surface area contributed by atoms with E-state index in [2.05, 4.69) is 37.9 Å². The van der Waals surface area contributed by atoms with Gasteiger partial charge in [-0.05, 0) is 25.8 Å². The molecule has 0 aromatic rings. The first kappa shape index (κ1) is 13.9. The molecule has 1 N–H and O–H groups in total. The molecule has 0 radical (unpaired) electrons. The molecule has 96 valence electrons. The van der Waals surface area contributed by atoms with Crippen molar-refractivity contribution in [3.63, 3.8) is 0 Å². The van der Waals surface area contributed by atoms with Gasteiger partial charge in [-0.25, -0.2) is 0 Å². The van der Waals surface area contributed by atoms with Crippen LogP contribution in [0.2, 0.25) is 0 Å². The van der Waals surface area contributed by atoms with Crippen molar-refractivity contribution in [2.24, 2.45) is 5.92 Å². The summed E-state index contributed by atoms with van der Waals surface area (Å²) in [5.74, 6) is 0.696. The van der Waals surface area contributed by atoms with E-state index in [-0.39, 0.29) is 0 Å². The third-order valence-electron chi connectivity index (χ3n) is 3.40. The minimum absolute atomic E-state index is 0.568. The van der Waals surface area contributed by atoms with Gasteiger partial charge < -0.3 is 10.1 Å². The zero-order valence-corrected chi connectivity index (χ0v) is 11.3. The fraction of sp³-hybridized carbons (Fsp3) is 1.00. The number of nitrogens with zero attached hydrogens (tertiary/aromatic N) is 1. The molecule has 16 heavy (non-hydrogen) atoms. The molecule has 3 nitrogen and oxygen atoms in total. The van der Waals surface area contributed by atoms with Gasteiger partial charge in [0.25, 0.3) is 0 Å². The Balaban J connectivity index is 2.39. The van der Waals surface area contributed by atoms with Gasteiger partial charge in [-0.1, -0.05) is 20.8 Å². The second-order valence-electron chi connectivity index (χ2n) is 5.22. The van der Waals surface area contributed by atoms with E-state index in [0.717, 1.165) is 32.8 Å². The minimum atomic E-state index is 0.568. The van der Waals surface area contributed by atoms with E-state index >= 15 is 0 Å². The van der Waals surface area contributed by atoms with Gasteiger partial charge in [0.1, 0.15) is 0 Å². The lowest BCUT2D eigenvalue weighted by Crippen LogP contribution is -2.51. The molecule has 3 heteroatoms. The van der Waals surface area contributed by atoms with Crippen LogP contribution in [0.15, 0.2) is 0 Å².